The number of ether oxygens (including phenoxy) is 1. The van der Waals surface area contributed by atoms with Crippen LogP contribution < -0.4 is 10.5 Å². The smallest absolute Gasteiger partial charge is 0.248 e. The van der Waals surface area contributed by atoms with Crippen LogP contribution in [0.25, 0.3) is 11.4 Å². The highest BCUT2D eigenvalue weighted by atomic mass is 16.5. The third-order valence-electron chi connectivity index (χ3n) is 3.12. The maximum absolute atomic E-state index is 6.10. The van der Waals surface area contributed by atoms with Gasteiger partial charge in [0.25, 0.3) is 0 Å². The van der Waals surface area contributed by atoms with Crippen LogP contribution in [0.3, 0.4) is 0 Å². The molecule has 3 aromatic rings. The predicted octanol–water partition coefficient (Wildman–Crippen LogP) is 1.53. The van der Waals surface area contributed by atoms with Gasteiger partial charge in [-0.3, -0.25) is 4.68 Å². The van der Waals surface area contributed by atoms with Crippen molar-refractivity contribution in [2.75, 3.05) is 7.11 Å². The van der Waals surface area contributed by atoms with E-state index in [4.69, 9.17) is 15.0 Å². The molecular weight excluding hydrogens is 270 g/mol. The summed E-state index contributed by atoms with van der Waals surface area (Å²) in [6, 6.07) is 6.94. The van der Waals surface area contributed by atoms with Crippen LogP contribution >= 0.6 is 0 Å². The first kappa shape index (κ1) is 13.3. The van der Waals surface area contributed by atoms with Crippen LogP contribution in [0.2, 0.25) is 0 Å². The average molecular weight is 285 g/mol. The molecular formula is C14H15N5O2. The van der Waals surface area contributed by atoms with Gasteiger partial charge in [0.2, 0.25) is 11.7 Å². The summed E-state index contributed by atoms with van der Waals surface area (Å²) < 4.78 is 12.1. The zero-order valence-corrected chi connectivity index (χ0v) is 11.7. The lowest BCUT2D eigenvalue weighted by atomic mass is 10.1. The van der Waals surface area contributed by atoms with Gasteiger partial charge >= 0.3 is 0 Å². The Morgan fingerprint density at radius 3 is 2.95 bits per heavy atom. The second-order valence-electron chi connectivity index (χ2n) is 4.61. The molecule has 3 rings (SSSR count). The lowest BCUT2D eigenvalue weighted by Crippen LogP contribution is -2.11. The number of nitrogens with two attached hydrogens (primary N) is 1. The van der Waals surface area contributed by atoms with E-state index in [-0.39, 0.29) is 0 Å². The van der Waals surface area contributed by atoms with E-state index in [0.29, 0.717) is 11.7 Å². The van der Waals surface area contributed by atoms with Gasteiger partial charge in [-0.25, -0.2) is 0 Å². The van der Waals surface area contributed by atoms with Crippen LogP contribution in [0.5, 0.6) is 5.75 Å². The van der Waals surface area contributed by atoms with Crippen LogP contribution in [0.4, 0.5) is 0 Å². The third-order valence-corrected chi connectivity index (χ3v) is 3.12. The number of aromatic nitrogens is 4. The quantitative estimate of drug-likeness (QED) is 0.781. The van der Waals surface area contributed by atoms with Crippen LogP contribution in [-0.4, -0.2) is 27.0 Å². The molecule has 0 radical (unpaired) electrons. The van der Waals surface area contributed by atoms with Gasteiger partial charge in [0.05, 0.1) is 13.3 Å². The van der Waals surface area contributed by atoms with E-state index in [1.165, 1.54) is 0 Å². The Bertz CT molecular complexity index is 749. The zero-order valence-electron chi connectivity index (χ0n) is 11.7. The molecule has 2 N–H and O–H groups in total. The molecule has 1 unspecified atom stereocenters. The summed E-state index contributed by atoms with van der Waals surface area (Å²) >= 11 is 0. The summed E-state index contributed by atoms with van der Waals surface area (Å²) in [5.74, 6) is 1.56. The summed E-state index contributed by atoms with van der Waals surface area (Å²) in [7, 11) is 3.44. The first-order chi connectivity index (χ1) is 10.2. The Morgan fingerprint density at radius 1 is 1.38 bits per heavy atom. The molecule has 2 aromatic heterocycles. The van der Waals surface area contributed by atoms with Crippen molar-refractivity contribution in [3.8, 4) is 17.1 Å². The lowest BCUT2D eigenvalue weighted by molar-refractivity contribution is 0.367. The van der Waals surface area contributed by atoms with Gasteiger partial charge in [-0.05, 0) is 12.1 Å². The summed E-state index contributed by atoms with van der Waals surface area (Å²) in [6.45, 7) is 0. The predicted molar refractivity (Wildman–Crippen MR) is 75.5 cm³/mol. The molecule has 1 aromatic carbocycles. The minimum atomic E-state index is -0.495. The molecule has 7 heteroatoms. The molecule has 1 atom stereocenters. The molecule has 0 spiro atoms. The highest BCUT2D eigenvalue weighted by molar-refractivity contribution is 5.56. The van der Waals surface area contributed by atoms with E-state index in [1.807, 2.05) is 37.5 Å². The van der Waals surface area contributed by atoms with Gasteiger partial charge in [0.1, 0.15) is 11.8 Å². The number of aryl methyl sites for hydroxylation is 1. The molecule has 0 amide bonds. The Hall–Kier alpha value is -2.67. The van der Waals surface area contributed by atoms with E-state index >= 15 is 0 Å². The summed E-state index contributed by atoms with van der Waals surface area (Å²) in [5.41, 5.74) is 7.73. The Labute approximate surface area is 121 Å². The van der Waals surface area contributed by atoms with Crippen LogP contribution in [-0.2, 0) is 7.05 Å². The van der Waals surface area contributed by atoms with Crippen molar-refractivity contribution >= 4 is 0 Å². The minimum absolute atomic E-state index is 0.348. The molecule has 0 saturated carbocycles. The van der Waals surface area contributed by atoms with Crippen LogP contribution in [0.15, 0.2) is 41.2 Å². The first-order valence-corrected chi connectivity index (χ1v) is 6.39. The van der Waals surface area contributed by atoms with E-state index in [2.05, 4.69) is 15.2 Å². The van der Waals surface area contributed by atoms with Gasteiger partial charge in [0.15, 0.2) is 0 Å². The fourth-order valence-electron chi connectivity index (χ4n) is 1.98. The van der Waals surface area contributed by atoms with Crippen molar-refractivity contribution in [3.63, 3.8) is 0 Å². The number of rotatable bonds is 4. The zero-order chi connectivity index (χ0) is 14.8. The maximum Gasteiger partial charge on any atom is 0.248 e. The van der Waals surface area contributed by atoms with E-state index in [9.17, 15) is 0 Å². The molecule has 0 aliphatic rings. The van der Waals surface area contributed by atoms with Crippen molar-refractivity contribution in [2.24, 2.45) is 12.8 Å². The topological polar surface area (TPSA) is 92.0 Å². The summed E-state index contributed by atoms with van der Waals surface area (Å²) in [4.78, 5) is 4.35. The maximum atomic E-state index is 6.10. The van der Waals surface area contributed by atoms with Gasteiger partial charge in [-0.2, -0.15) is 10.1 Å². The first-order valence-electron chi connectivity index (χ1n) is 6.39. The standard InChI is InChI=1S/C14H15N5O2/c1-19-8-10(7-16-19)12(15)14-17-13(18-21-14)9-4-3-5-11(6-9)20-2/h3-8,12H,15H2,1-2H3. The molecule has 21 heavy (non-hydrogen) atoms. The largest absolute Gasteiger partial charge is 0.497 e. The fourth-order valence-corrected chi connectivity index (χ4v) is 1.98. The van der Waals surface area contributed by atoms with Crippen molar-refractivity contribution in [3.05, 3.63) is 48.1 Å². The minimum Gasteiger partial charge on any atom is -0.497 e. The normalized spacial score (nSPS) is 12.3. The van der Waals surface area contributed by atoms with Gasteiger partial charge in [-0.1, -0.05) is 17.3 Å². The number of nitrogens with zero attached hydrogens (tertiary/aromatic N) is 4. The number of methoxy groups -OCH3 is 1. The lowest BCUT2D eigenvalue weighted by Gasteiger charge is -2.02. The number of hydrogen-bond acceptors (Lipinski definition) is 6. The van der Waals surface area contributed by atoms with Crippen molar-refractivity contribution < 1.29 is 9.26 Å². The molecule has 108 valence electrons. The van der Waals surface area contributed by atoms with E-state index in [1.54, 1.807) is 18.0 Å². The van der Waals surface area contributed by atoms with Crippen molar-refractivity contribution in [1.82, 2.24) is 19.9 Å². The fraction of sp³-hybridized carbons (Fsp3) is 0.214. The van der Waals surface area contributed by atoms with Crippen LogP contribution in [0.1, 0.15) is 17.5 Å². The third kappa shape index (κ3) is 2.63. The highest BCUT2D eigenvalue weighted by Crippen LogP contribution is 2.24. The Morgan fingerprint density at radius 2 is 2.24 bits per heavy atom. The second-order valence-corrected chi connectivity index (χ2v) is 4.61. The Kier molecular flexibility index (Phi) is 3.41. The molecule has 7 nitrogen and oxygen atoms in total. The van der Waals surface area contributed by atoms with E-state index < -0.39 is 6.04 Å². The SMILES string of the molecule is COc1cccc(-c2noc(C(N)c3cnn(C)c3)n2)c1. The van der Waals surface area contributed by atoms with Gasteiger partial charge in [0, 0.05) is 24.4 Å². The monoisotopic (exact) mass is 285 g/mol. The summed E-state index contributed by atoms with van der Waals surface area (Å²) in [6.07, 6.45) is 3.50. The Balaban J connectivity index is 1.89. The second kappa shape index (κ2) is 5.37. The molecule has 0 bridgehead atoms. The molecule has 0 aliphatic carbocycles. The van der Waals surface area contributed by atoms with Gasteiger partial charge < -0.3 is 15.0 Å². The average Bonchev–Trinajstić information content (AvgIpc) is 3.15. The number of hydrogen-bond donors (Lipinski definition) is 1. The number of benzene rings is 1. The molecule has 0 fully saturated rings. The molecule has 0 aliphatic heterocycles. The van der Waals surface area contributed by atoms with Crippen molar-refractivity contribution in [1.29, 1.82) is 0 Å². The van der Waals surface area contributed by atoms with E-state index in [0.717, 1.165) is 16.9 Å². The molecule has 0 saturated heterocycles. The van der Waals surface area contributed by atoms with Gasteiger partial charge in [-0.15, -0.1) is 0 Å². The summed E-state index contributed by atoms with van der Waals surface area (Å²) in [5, 5.41) is 8.05. The molecule has 2 heterocycles. The highest BCUT2D eigenvalue weighted by Gasteiger charge is 2.19. The van der Waals surface area contributed by atoms with Crippen molar-refractivity contribution in [2.45, 2.75) is 6.04 Å². The van der Waals surface area contributed by atoms with Crippen LogP contribution in [0, 0.1) is 0 Å².